The monoisotopic (exact) mass is 152 g/mol. The molecule has 4 heteroatoms. The quantitative estimate of drug-likeness (QED) is 0.573. The number of carbonyl (C=O) groups is 1. The third kappa shape index (κ3) is 2.67. The maximum atomic E-state index is 10.1. The van der Waals surface area contributed by atoms with Crippen LogP contribution in [0.3, 0.4) is 0 Å². The maximum absolute atomic E-state index is 10.1. The topological polar surface area (TPSA) is 57.5 Å². The third-order valence-corrected chi connectivity index (χ3v) is 1.44. The van der Waals surface area contributed by atoms with Gasteiger partial charge in [-0.2, -0.15) is 0 Å². The molecule has 0 aromatic heterocycles. The molecular formula is C5H9ClO3. The van der Waals surface area contributed by atoms with Crippen molar-refractivity contribution in [3.63, 3.8) is 0 Å². The van der Waals surface area contributed by atoms with Gasteiger partial charge < -0.3 is 10.2 Å². The van der Waals surface area contributed by atoms with Gasteiger partial charge in [0, 0.05) is 5.88 Å². The number of rotatable bonds is 3. The van der Waals surface area contributed by atoms with Crippen LogP contribution in [0.1, 0.15) is 6.92 Å². The lowest BCUT2D eigenvalue weighted by Crippen LogP contribution is -2.26. The van der Waals surface area contributed by atoms with Crippen molar-refractivity contribution in [3.8, 4) is 0 Å². The lowest BCUT2D eigenvalue weighted by molar-refractivity contribution is -0.144. The first-order valence-electron chi connectivity index (χ1n) is 2.56. The third-order valence-electron chi connectivity index (χ3n) is 1.12. The first-order valence-corrected chi connectivity index (χ1v) is 3.10. The van der Waals surface area contributed by atoms with E-state index in [1.165, 1.54) is 6.92 Å². The van der Waals surface area contributed by atoms with E-state index < -0.39 is 18.0 Å². The Morgan fingerprint density at radius 3 is 2.33 bits per heavy atom. The Kier molecular flexibility index (Phi) is 3.58. The second-order valence-electron chi connectivity index (χ2n) is 1.85. The Bertz CT molecular complexity index is 104. The van der Waals surface area contributed by atoms with Crippen LogP contribution in [0.2, 0.25) is 0 Å². The van der Waals surface area contributed by atoms with Crippen molar-refractivity contribution in [1.82, 2.24) is 0 Å². The fourth-order valence-electron chi connectivity index (χ4n) is 0.298. The largest absolute Gasteiger partial charge is 0.481 e. The van der Waals surface area contributed by atoms with Crippen LogP contribution in [0.5, 0.6) is 0 Å². The first kappa shape index (κ1) is 8.72. The molecule has 0 aromatic carbocycles. The summed E-state index contributed by atoms with van der Waals surface area (Å²) in [6.07, 6.45) is -0.941. The van der Waals surface area contributed by atoms with Crippen molar-refractivity contribution in [2.24, 2.45) is 5.92 Å². The zero-order valence-corrected chi connectivity index (χ0v) is 5.80. The normalized spacial score (nSPS) is 16.8. The summed E-state index contributed by atoms with van der Waals surface area (Å²) in [5.74, 6) is -1.83. The highest BCUT2D eigenvalue weighted by molar-refractivity contribution is 6.18. The average molecular weight is 153 g/mol. The number of halogens is 1. The summed E-state index contributed by atoms with van der Waals surface area (Å²) in [4.78, 5) is 10.1. The van der Waals surface area contributed by atoms with Gasteiger partial charge in [0.25, 0.3) is 0 Å². The summed E-state index contributed by atoms with van der Waals surface area (Å²) < 4.78 is 0. The Hall–Kier alpha value is -0.280. The Labute approximate surface area is 58.3 Å². The van der Waals surface area contributed by atoms with E-state index in [1.54, 1.807) is 0 Å². The molecular weight excluding hydrogens is 144 g/mol. The summed E-state index contributed by atoms with van der Waals surface area (Å²) in [5, 5.41) is 17.0. The van der Waals surface area contributed by atoms with Crippen LogP contribution in [0, 0.1) is 5.92 Å². The Morgan fingerprint density at radius 2 is 2.22 bits per heavy atom. The summed E-state index contributed by atoms with van der Waals surface area (Å²) in [7, 11) is 0. The molecule has 0 aliphatic rings. The predicted molar refractivity (Wildman–Crippen MR) is 33.5 cm³/mol. The Balaban J connectivity index is 3.72. The van der Waals surface area contributed by atoms with Crippen LogP contribution in [0.15, 0.2) is 0 Å². The van der Waals surface area contributed by atoms with Crippen LogP contribution in [0.25, 0.3) is 0 Å². The highest BCUT2D eigenvalue weighted by atomic mass is 35.5. The fourth-order valence-corrected chi connectivity index (χ4v) is 0.565. The van der Waals surface area contributed by atoms with Crippen LogP contribution < -0.4 is 0 Å². The van der Waals surface area contributed by atoms with Crippen molar-refractivity contribution in [1.29, 1.82) is 0 Å². The van der Waals surface area contributed by atoms with Gasteiger partial charge in [-0.05, 0) is 6.92 Å². The first-order chi connectivity index (χ1) is 4.09. The second kappa shape index (κ2) is 3.69. The number of aliphatic carboxylic acids is 1. The van der Waals surface area contributed by atoms with Crippen molar-refractivity contribution in [2.75, 3.05) is 5.88 Å². The van der Waals surface area contributed by atoms with E-state index in [1.807, 2.05) is 0 Å². The number of aliphatic hydroxyl groups is 1. The molecule has 0 fully saturated rings. The van der Waals surface area contributed by atoms with Gasteiger partial charge in [0.15, 0.2) is 0 Å². The van der Waals surface area contributed by atoms with Crippen LogP contribution in [-0.4, -0.2) is 28.2 Å². The fraction of sp³-hybridized carbons (Fsp3) is 0.800. The standard InChI is InChI=1S/C5H9ClO3/c1-3(5(8)9)4(7)2-6/h3-4,7H,2H2,1H3,(H,8,9). The molecule has 9 heavy (non-hydrogen) atoms. The summed E-state index contributed by atoms with van der Waals surface area (Å²) in [5.41, 5.74) is 0. The minimum Gasteiger partial charge on any atom is -0.481 e. The van der Waals surface area contributed by atoms with Gasteiger partial charge in [-0.15, -0.1) is 11.6 Å². The zero-order chi connectivity index (χ0) is 7.44. The minimum atomic E-state index is -1.02. The summed E-state index contributed by atoms with van der Waals surface area (Å²) >= 11 is 5.18. The van der Waals surface area contributed by atoms with Gasteiger partial charge in [0.05, 0.1) is 12.0 Å². The van der Waals surface area contributed by atoms with Crippen LogP contribution >= 0.6 is 11.6 Å². The highest BCUT2D eigenvalue weighted by Crippen LogP contribution is 2.03. The van der Waals surface area contributed by atoms with Gasteiger partial charge in [-0.3, -0.25) is 4.79 Å². The number of hydrogen-bond donors (Lipinski definition) is 2. The molecule has 0 radical (unpaired) electrons. The maximum Gasteiger partial charge on any atom is 0.308 e. The van der Waals surface area contributed by atoms with Gasteiger partial charge in [-0.25, -0.2) is 0 Å². The molecule has 0 aliphatic carbocycles. The molecule has 0 heterocycles. The number of carboxylic acids is 1. The van der Waals surface area contributed by atoms with Gasteiger partial charge >= 0.3 is 5.97 Å². The van der Waals surface area contributed by atoms with Crippen molar-refractivity contribution in [3.05, 3.63) is 0 Å². The molecule has 2 unspecified atom stereocenters. The zero-order valence-electron chi connectivity index (χ0n) is 5.04. The molecule has 0 saturated carbocycles. The molecule has 0 amide bonds. The average Bonchev–Trinajstić information content (AvgIpc) is 1.84. The van der Waals surface area contributed by atoms with Crippen molar-refractivity contribution in [2.45, 2.75) is 13.0 Å². The number of alkyl halides is 1. The molecule has 0 aromatic rings. The van der Waals surface area contributed by atoms with E-state index >= 15 is 0 Å². The SMILES string of the molecule is CC(C(=O)O)C(O)CCl. The van der Waals surface area contributed by atoms with Gasteiger partial charge in [0.1, 0.15) is 0 Å². The molecule has 0 aliphatic heterocycles. The lowest BCUT2D eigenvalue weighted by Gasteiger charge is -2.09. The molecule has 2 N–H and O–H groups in total. The van der Waals surface area contributed by atoms with E-state index in [9.17, 15) is 4.79 Å². The van der Waals surface area contributed by atoms with Gasteiger partial charge in [0.2, 0.25) is 0 Å². The molecule has 2 atom stereocenters. The molecule has 0 saturated heterocycles. The second-order valence-corrected chi connectivity index (χ2v) is 2.16. The van der Waals surface area contributed by atoms with E-state index in [4.69, 9.17) is 21.8 Å². The summed E-state index contributed by atoms with van der Waals surface area (Å²) in [6.45, 7) is 1.41. The predicted octanol–water partition coefficient (Wildman–Crippen LogP) is 0.307. The van der Waals surface area contributed by atoms with E-state index in [-0.39, 0.29) is 5.88 Å². The molecule has 54 valence electrons. The minimum absolute atomic E-state index is 0.0343. The number of hydrogen-bond acceptors (Lipinski definition) is 2. The molecule has 3 nitrogen and oxygen atoms in total. The van der Waals surface area contributed by atoms with E-state index in [0.29, 0.717) is 0 Å². The molecule has 0 rings (SSSR count). The van der Waals surface area contributed by atoms with E-state index in [2.05, 4.69) is 0 Å². The van der Waals surface area contributed by atoms with Crippen molar-refractivity contribution < 1.29 is 15.0 Å². The smallest absolute Gasteiger partial charge is 0.308 e. The highest BCUT2D eigenvalue weighted by Gasteiger charge is 2.19. The molecule has 0 spiro atoms. The van der Waals surface area contributed by atoms with Crippen molar-refractivity contribution >= 4 is 17.6 Å². The number of aliphatic hydroxyl groups excluding tert-OH is 1. The van der Waals surface area contributed by atoms with E-state index in [0.717, 1.165) is 0 Å². The van der Waals surface area contributed by atoms with Crippen LogP contribution in [0.4, 0.5) is 0 Å². The number of carboxylic acid groups (broad SMARTS) is 1. The summed E-state index contributed by atoms with van der Waals surface area (Å²) in [6, 6.07) is 0. The lowest BCUT2D eigenvalue weighted by atomic mass is 10.1. The van der Waals surface area contributed by atoms with Crippen LogP contribution in [-0.2, 0) is 4.79 Å². The Morgan fingerprint density at radius 1 is 1.78 bits per heavy atom. The molecule has 0 bridgehead atoms. The van der Waals surface area contributed by atoms with Gasteiger partial charge in [-0.1, -0.05) is 0 Å².